The Kier molecular flexibility index (Phi) is 9.87. The third-order valence-corrected chi connectivity index (χ3v) is 5.49. The summed E-state index contributed by atoms with van der Waals surface area (Å²) >= 11 is 0. The summed E-state index contributed by atoms with van der Waals surface area (Å²) in [5.41, 5.74) is 0.762. The molecule has 0 unspecified atom stereocenters. The number of aromatic nitrogens is 1. The molecule has 0 fully saturated rings. The molecule has 0 saturated carbocycles. The molecule has 2 aromatic carbocycles. The second-order valence-corrected chi connectivity index (χ2v) is 10.7. The zero-order valence-corrected chi connectivity index (χ0v) is 23.6. The van der Waals surface area contributed by atoms with Crippen LogP contribution in [0, 0.1) is 6.92 Å². The predicted molar refractivity (Wildman–Crippen MR) is 151 cm³/mol. The summed E-state index contributed by atoms with van der Waals surface area (Å²) in [4.78, 5) is 55.1. The van der Waals surface area contributed by atoms with E-state index in [2.05, 4.69) is 20.9 Å². The van der Waals surface area contributed by atoms with Crippen LogP contribution < -0.4 is 21.6 Å². The Hall–Kier alpha value is -4.41. The van der Waals surface area contributed by atoms with Crippen molar-refractivity contribution in [3.05, 3.63) is 64.0 Å². The molecule has 11 heteroatoms. The number of alkyl carbamates (subject to hydrolysis) is 1. The minimum atomic E-state index is -1.11. The fourth-order valence-electron chi connectivity index (χ4n) is 3.83. The topological polar surface area (TPSA) is 149 Å². The first-order valence-corrected chi connectivity index (χ1v) is 13.0. The summed E-state index contributed by atoms with van der Waals surface area (Å²) in [5.74, 6) is -1.09. The average Bonchev–Trinajstić information content (AvgIpc) is 2.83. The molecule has 40 heavy (non-hydrogen) atoms. The van der Waals surface area contributed by atoms with E-state index in [1.807, 2.05) is 32.0 Å². The second kappa shape index (κ2) is 13.1. The molecule has 3 rings (SSSR count). The van der Waals surface area contributed by atoms with Gasteiger partial charge in [0, 0.05) is 18.2 Å². The van der Waals surface area contributed by atoms with E-state index in [0.29, 0.717) is 16.8 Å². The van der Waals surface area contributed by atoms with Crippen molar-refractivity contribution in [2.75, 3.05) is 10.6 Å². The standard InChI is InChI=1S/C29H36N4O7/c1-17(2)30-27-32-22-15-20(14-18(3)24(22)26(36)39-27)31-25(35)21(12-13-23(34)40-29(4,5)6)33-28(37)38-16-19-10-8-7-9-11-19/h7-11,14-15,17,21H,12-13,16H2,1-6H3,(H,30,32)(H,31,35)(H,33,37)/t21-/m0/s1. The number of rotatable bonds is 10. The van der Waals surface area contributed by atoms with E-state index in [9.17, 15) is 19.2 Å². The van der Waals surface area contributed by atoms with E-state index < -0.39 is 35.2 Å². The molecule has 214 valence electrons. The van der Waals surface area contributed by atoms with E-state index in [0.717, 1.165) is 5.56 Å². The Morgan fingerprint density at radius 2 is 1.77 bits per heavy atom. The largest absolute Gasteiger partial charge is 0.460 e. The molecule has 3 N–H and O–H groups in total. The third kappa shape index (κ3) is 9.11. The Morgan fingerprint density at radius 3 is 2.42 bits per heavy atom. The Morgan fingerprint density at radius 1 is 1.07 bits per heavy atom. The lowest BCUT2D eigenvalue weighted by atomic mass is 10.1. The van der Waals surface area contributed by atoms with Crippen LogP contribution in [-0.4, -0.2) is 40.6 Å². The number of hydrogen-bond donors (Lipinski definition) is 3. The van der Waals surface area contributed by atoms with Crippen molar-refractivity contribution in [3.8, 4) is 0 Å². The number of nitrogens with one attached hydrogen (secondary N) is 3. The van der Waals surface area contributed by atoms with Crippen LogP contribution >= 0.6 is 0 Å². The zero-order valence-electron chi connectivity index (χ0n) is 23.6. The van der Waals surface area contributed by atoms with Gasteiger partial charge in [0.15, 0.2) is 0 Å². The molecule has 0 aliphatic carbocycles. The smallest absolute Gasteiger partial charge is 0.408 e. The van der Waals surface area contributed by atoms with Crippen LogP contribution in [0.2, 0.25) is 0 Å². The van der Waals surface area contributed by atoms with Crippen LogP contribution in [-0.2, 0) is 25.7 Å². The summed E-state index contributed by atoms with van der Waals surface area (Å²) in [5, 5.41) is 8.54. The van der Waals surface area contributed by atoms with Gasteiger partial charge in [-0.05, 0) is 71.2 Å². The number of carbonyl (C=O) groups excluding carboxylic acids is 3. The number of ether oxygens (including phenoxy) is 2. The van der Waals surface area contributed by atoms with Crippen molar-refractivity contribution < 1.29 is 28.3 Å². The van der Waals surface area contributed by atoms with Gasteiger partial charge in [0.1, 0.15) is 18.2 Å². The van der Waals surface area contributed by atoms with Crippen LogP contribution in [0.4, 0.5) is 16.5 Å². The molecule has 0 radical (unpaired) electrons. The van der Waals surface area contributed by atoms with Gasteiger partial charge in [0.25, 0.3) is 6.01 Å². The summed E-state index contributed by atoms with van der Waals surface area (Å²) in [6, 6.07) is 11.2. The van der Waals surface area contributed by atoms with E-state index in [4.69, 9.17) is 13.9 Å². The number of nitrogens with zero attached hydrogens (tertiary/aromatic N) is 1. The fraction of sp³-hybridized carbons (Fsp3) is 0.414. The molecule has 0 aliphatic heterocycles. The van der Waals surface area contributed by atoms with Gasteiger partial charge >= 0.3 is 17.7 Å². The molecule has 0 saturated heterocycles. The SMILES string of the molecule is Cc1cc(NC(=O)[C@H](CCC(=O)OC(C)(C)C)NC(=O)OCc2ccccc2)cc2nc(NC(C)C)oc(=O)c12. The third-order valence-electron chi connectivity index (χ3n) is 5.49. The highest BCUT2D eigenvalue weighted by Crippen LogP contribution is 2.22. The Balaban J connectivity index is 1.79. The maximum atomic E-state index is 13.3. The molecular formula is C29H36N4O7. The lowest BCUT2D eigenvalue weighted by Gasteiger charge is -2.21. The molecular weight excluding hydrogens is 516 g/mol. The van der Waals surface area contributed by atoms with Crippen molar-refractivity contribution in [1.29, 1.82) is 0 Å². The number of esters is 1. The first-order chi connectivity index (χ1) is 18.8. The number of fused-ring (bicyclic) bond motifs is 1. The number of hydrogen-bond acceptors (Lipinski definition) is 9. The van der Waals surface area contributed by atoms with Gasteiger partial charge in [-0.25, -0.2) is 9.59 Å². The van der Waals surface area contributed by atoms with Crippen molar-refractivity contribution in [1.82, 2.24) is 10.3 Å². The molecule has 0 bridgehead atoms. The Labute approximate surface area is 232 Å². The highest BCUT2D eigenvalue weighted by molar-refractivity contribution is 5.98. The maximum Gasteiger partial charge on any atom is 0.408 e. The van der Waals surface area contributed by atoms with Gasteiger partial charge in [-0.1, -0.05) is 30.3 Å². The van der Waals surface area contributed by atoms with Crippen LogP contribution in [0.3, 0.4) is 0 Å². The number of aryl methyl sites for hydroxylation is 1. The van der Waals surface area contributed by atoms with Crippen molar-refractivity contribution >= 4 is 40.6 Å². The lowest BCUT2D eigenvalue weighted by Crippen LogP contribution is -2.44. The fourth-order valence-corrected chi connectivity index (χ4v) is 3.83. The van der Waals surface area contributed by atoms with Crippen LogP contribution in [0.15, 0.2) is 51.7 Å². The van der Waals surface area contributed by atoms with E-state index in [-0.39, 0.29) is 36.9 Å². The number of carbonyl (C=O) groups is 3. The van der Waals surface area contributed by atoms with Crippen LogP contribution in [0.25, 0.3) is 10.9 Å². The predicted octanol–water partition coefficient (Wildman–Crippen LogP) is 4.67. The second-order valence-electron chi connectivity index (χ2n) is 10.7. The van der Waals surface area contributed by atoms with Gasteiger partial charge in [-0.2, -0.15) is 4.98 Å². The molecule has 3 aromatic rings. The Bertz CT molecular complexity index is 1410. The molecule has 0 spiro atoms. The minimum absolute atomic E-state index is 0.0118. The molecule has 0 aliphatic rings. The highest BCUT2D eigenvalue weighted by atomic mass is 16.6. The molecule has 1 atom stereocenters. The van der Waals surface area contributed by atoms with Crippen LogP contribution in [0.5, 0.6) is 0 Å². The first kappa shape index (κ1) is 30.1. The van der Waals surface area contributed by atoms with Gasteiger partial charge in [-0.15, -0.1) is 0 Å². The molecule has 1 aromatic heterocycles. The summed E-state index contributed by atoms with van der Waals surface area (Å²) in [6.07, 6.45) is -0.956. The monoisotopic (exact) mass is 552 g/mol. The van der Waals surface area contributed by atoms with Gasteiger partial charge < -0.3 is 29.8 Å². The summed E-state index contributed by atoms with van der Waals surface area (Å²) < 4.78 is 15.9. The molecule has 11 nitrogen and oxygen atoms in total. The quantitative estimate of drug-likeness (QED) is 0.305. The molecule has 2 amide bonds. The van der Waals surface area contributed by atoms with Crippen molar-refractivity contribution in [3.63, 3.8) is 0 Å². The lowest BCUT2D eigenvalue weighted by molar-refractivity contribution is -0.155. The molecule has 1 heterocycles. The van der Waals surface area contributed by atoms with E-state index >= 15 is 0 Å². The zero-order chi connectivity index (χ0) is 29.4. The normalized spacial score (nSPS) is 12.1. The first-order valence-electron chi connectivity index (χ1n) is 13.0. The number of anilines is 2. The van der Waals surface area contributed by atoms with Crippen LogP contribution in [0.1, 0.15) is 58.6 Å². The maximum absolute atomic E-state index is 13.3. The summed E-state index contributed by atoms with van der Waals surface area (Å²) in [7, 11) is 0. The van der Waals surface area contributed by atoms with Gasteiger partial charge in [0.2, 0.25) is 5.91 Å². The number of amides is 2. The van der Waals surface area contributed by atoms with Crippen molar-refractivity contribution in [2.45, 2.75) is 78.7 Å². The summed E-state index contributed by atoms with van der Waals surface area (Å²) in [6.45, 7) is 10.7. The van der Waals surface area contributed by atoms with Gasteiger partial charge in [0.05, 0.1) is 10.9 Å². The van der Waals surface area contributed by atoms with E-state index in [1.54, 1.807) is 52.0 Å². The average molecular weight is 553 g/mol. The van der Waals surface area contributed by atoms with Crippen molar-refractivity contribution in [2.24, 2.45) is 0 Å². The highest BCUT2D eigenvalue weighted by Gasteiger charge is 2.25. The van der Waals surface area contributed by atoms with Gasteiger partial charge in [-0.3, -0.25) is 9.59 Å². The minimum Gasteiger partial charge on any atom is -0.460 e. The van der Waals surface area contributed by atoms with E-state index in [1.165, 1.54) is 0 Å². The number of benzene rings is 2.